The van der Waals surface area contributed by atoms with Gasteiger partial charge in [-0.05, 0) is 43.0 Å². The summed E-state index contributed by atoms with van der Waals surface area (Å²) in [5.41, 5.74) is 2.98. The van der Waals surface area contributed by atoms with E-state index < -0.39 is 0 Å². The fourth-order valence-electron chi connectivity index (χ4n) is 3.90. The standard InChI is InChI=1S/C22H25FN6O/c1-27(2)22-24-14-17(15-7-9-16(23)10-8-15)20(26-22)18-6-4-5-13-29(18)21(30)19-11-12-25-28(19)3/h7-12,14,18H,4-6,13H2,1-3H3. The molecule has 156 valence electrons. The molecule has 1 atom stereocenters. The van der Waals surface area contributed by atoms with E-state index in [0.717, 1.165) is 36.1 Å². The number of piperidine rings is 1. The van der Waals surface area contributed by atoms with E-state index in [-0.39, 0.29) is 17.8 Å². The first-order valence-electron chi connectivity index (χ1n) is 10.0. The number of hydrogen-bond acceptors (Lipinski definition) is 5. The number of anilines is 1. The number of aromatic nitrogens is 4. The summed E-state index contributed by atoms with van der Waals surface area (Å²) in [7, 11) is 5.54. The monoisotopic (exact) mass is 408 g/mol. The van der Waals surface area contributed by atoms with Crippen LogP contribution in [0.3, 0.4) is 0 Å². The van der Waals surface area contributed by atoms with Gasteiger partial charge in [0.15, 0.2) is 0 Å². The lowest BCUT2D eigenvalue weighted by molar-refractivity contribution is 0.0595. The Morgan fingerprint density at radius 3 is 2.60 bits per heavy atom. The van der Waals surface area contributed by atoms with Crippen molar-refractivity contribution in [2.24, 2.45) is 7.05 Å². The van der Waals surface area contributed by atoms with Crippen molar-refractivity contribution in [3.63, 3.8) is 0 Å². The average molecular weight is 408 g/mol. The van der Waals surface area contributed by atoms with Crippen LogP contribution in [0.2, 0.25) is 0 Å². The molecule has 1 aliphatic rings. The number of carbonyl (C=O) groups is 1. The number of aryl methyl sites for hydroxylation is 1. The van der Waals surface area contributed by atoms with E-state index in [2.05, 4.69) is 10.1 Å². The molecule has 2 aromatic heterocycles. The van der Waals surface area contributed by atoms with E-state index in [1.54, 1.807) is 42.3 Å². The van der Waals surface area contributed by atoms with Crippen LogP contribution in [-0.4, -0.2) is 51.2 Å². The zero-order valence-corrected chi connectivity index (χ0v) is 17.4. The van der Waals surface area contributed by atoms with Gasteiger partial charge in [0.2, 0.25) is 5.95 Å². The van der Waals surface area contributed by atoms with Gasteiger partial charge in [0.05, 0.1) is 11.7 Å². The molecule has 0 bridgehead atoms. The highest BCUT2D eigenvalue weighted by atomic mass is 19.1. The maximum absolute atomic E-state index is 13.5. The van der Waals surface area contributed by atoms with Crippen LogP contribution in [0.15, 0.2) is 42.7 Å². The average Bonchev–Trinajstić information content (AvgIpc) is 3.19. The third-order valence-corrected chi connectivity index (χ3v) is 5.48. The molecule has 7 nitrogen and oxygen atoms in total. The molecule has 3 heterocycles. The lowest BCUT2D eigenvalue weighted by Crippen LogP contribution is -2.40. The third-order valence-electron chi connectivity index (χ3n) is 5.48. The van der Waals surface area contributed by atoms with Crippen molar-refractivity contribution in [3.8, 4) is 11.1 Å². The quantitative estimate of drug-likeness (QED) is 0.662. The second-order valence-corrected chi connectivity index (χ2v) is 7.72. The third kappa shape index (κ3) is 3.77. The van der Waals surface area contributed by atoms with Gasteiger partial charge in [-0.3, -0.25) is 9.48 Å². The Bertz CT molecular complexity index is 1050. The summed E-state index contributed by atoms with van der Waals surface area (Å²) < 4.78 is 15.1. The molecule has 0 spiro atoms. The van der Waals surface area contributed by atoms with Crippen LogP contribution in [0.4, 0.5) is 10.3 Å². The van der Waals surface area contributed by atoms with Crippen molar-refractivity contribution in [1.29, 1.82) is 0 Å². The Balaban J connectivity index is 1.81. The first-order chi connectivity index (χ1) is 14.5. The van der Waals surface area contributed by atoms with Crippen LogP contribution in [-0.2, 0) is 7.05 Å². The lowest BCUT2D eigenvalue weighted by atomic mass is 9.93. The summed E-state index contributed by atoms with van der Waals surface area (Å²) >= 11 is 0. The summed E-state index contributed by atoms with van der Waals surface area (Å²) in [5.74, 6) is 0.223. The molecule has 30 heavy (non-hydrogen) atoms. The van der Waals surface area contributed by atoms with Gasteiger partial charge in [-0.25, -0.2) is 14.4 Å². The zero-order chi connectivity index (χ0) is 21.3. The maximum Gasteiger partial charge on any atom is 0.272 e. The number of halogens is 1. The number of nitrogens with zero attached hydrogens (tertiary/aromatic N) is 6. The van der Waals surface area contributed by atoms with Crippen LogP contribution >= 0.6 is 0 Å². The minimum atomic E-state index is -0.295. The Hall–Kier alpha value is -3.29. The van der Waals surface area contributed by atoms with Crippen LogP contribution in [0.25, 0.3) is 11.1 Å². The number of amides is 1. The Kier molecular flexibility index (Phi) is 5.48. The highest BCUT2D eigenvalue weighted by Crippen LogP contribution is 2.37. The van der Waals surface area contributed by atoms with Crippen molar-refractivity contribution < 1.29 is 9.18 Å². The van der Waals surface area contributed by atoms with E-state index in [0.29, 0.717) is 18.2 Å². The number of benzene rings is 1. The van der Waals surface area contributed by atoms with Gasteiger partial charge in [0.1, 0.15) is 11.5 Å². The van der Waals surface area contributed by atoms with Gasteiger partial charge in [-0.2, -0.15) is 5.10 Å². The van der Waals surface area contributed by atoms with Gasteiger partial charge < -0.3 is 9.80 Å². The van der Waals surface area contributed by atoms with Gasteiger partial charge in [-0.1, -0.05) is 12.1 Å². The molecule has 0 radical (unpaired) electrons. The van der Waals surface area contributed by atoms with Crippen LogP contribution in [0.5, 0.6) is 0 Å². The van der Waals surface area contributed by atoms with Gasteiger partial charge >= 0.3 is 0 Å². The van der Waals surface area contributed by atoms with E-state index in [4.69, 9.17) is 4.98 Å². The fourth-order valence-corrected chi connectivity index (χ4v) is 3.90. The first-order valence-corrected chi connectivity index (χ1v) is 10.0. The number of carbonyl (C=O) groups excluding carboxylic acids is 1. The summed E-state index contributed by atoms with van der Waals surface area (Å²) in [6.45, 7) is 0.652. The molecule has 0 N–H and O–H groups in total. The molecule has 4 rings (SSSR count). The van der Waals surface area contributed by atoms with Gasteiger partial charge in [0, 0.05) is 45.6 Å². The highest BCUT2D eigenvalue weighted by Gasteiger charge is 2.33. The minimum absolute atomic E-state index is 0.0604. The van der Waals surface area contributed by atoms with Gasteiger partial charge in [-0.15, -0.1) is 0 Å². The number of hydrogen-bond donors (Lipinski definition) is 0. The van der Waals surface area contributed by atoms with Crippen molar-refractivity contribution in [2.75, 3.05) is 25.5 Å². The molecule has 1 aromatic carbocycles. The predicted octanol–water partition coefficient (Wildman–Crippen LogP) is 3.45. The first kappa shape index (κ1) is 20.0. The van der Waals surface area contributed by atoms with Gasteiger partial charge in [0.25, 0.3) is 5.91 Å². The second-order valence-electron chi connectivity index (χ2n) is 7.72. The smallest absolute Gasteiger partial charge is 0.272 e. The van der Waals surface area contributed by atoms with E-state index in [1.165, 1.54) is 12.1 Å². The van der Waals surface area contributed by atoms with E-state index in [1.807, 2.05) is 23.9 Å². The maximum atomic E-state index is 13.5. The molecule has 1 unspecified atom stereocenters. The summed E-state index contributed by atoms with van der Waals surface area (Å²) in [6, 6.07) is 7.85. The van der Waals surface area contributed by atoms with Crippen LogP contribution in [0.1, 0.15) is 41.5 Å². The summed E-state index contributed by atoms with van der Waals surface area (Å²) in [5, 5.41) is 4.14. The Morgan fingerprint density at radius 2 is 1.93 bits per heavy atom. The van der Waals surface area contributed by atoms with Crippen molar-refractivity contribution in [3.05, 3.63) is 59.9 Å². The molecule has 3 aromatic rings. The van der Waals surface area contributed by atoms with E-state index >= 15 is 0 Å². The molecule has 1 fully saturated rings. The predicted molar refractivity (Wildman–Crippen MR) is 113 cm³/mol. The second kappa shape index (κ2) is 8.22. The minimum Gasteiger partial charge on any atom is -0.347 e. The molecule has 1 aliphatic heterocycles. The van der Waals surface area contributed by atoms with Crippen LogP contribution in [0, 0.1) is 5.82 Å². The molecule has 0 saturated carbocycles. The van der Waals surface area contributed by atoms with Crippen molar-refractivity contribution in [2.45, 2.75) is 25.3 Å². The summed E-state index contributed by atoms with van der Waals surface area (Å²) in [6.07, 6.45) is 6.15. The number of rotatable bonds is 4. The topological polar surface area (TPSA) is 67.2 Å². The highest BCUT2D eigenvalue weighted by molar-refractivity contribution is 5.93. The number of likely N-dealkylation sites (tertiary alicyclic amines) is 1. The summed E-state index contributed by atoms with van der Waals surface area (Å²) in [4.78, 5) is 26.4. The normalized spacial score (nSPS) is 16.5. The van der Waals surface area contributed by atoms with Crippen molar-refractivity contribution in [1.82, 2.24) is 24.6 Å². The molecule has 8 heteroatoms. The zero-order valence-electron chi connectivity index (χ0n) is 17.4. The molecular weight excluding hydrogens is 383 g/mol. The molecular formula is C22H25FN6O. The molecule has 1 saturated heterocycles. The lowest BCUT2D eigenvalue weighted by Gasteiger charge is -2.36. The SMILES string of the molecule is CN(C)c1ncc(-c2ccc(F)cc2)c(C2CCCCN2C(=O)c2ccnn2C)n1. The molecule has 1 amide bonds. The molecule has 0 aliphatic carbocycles. The fraction of sp³-hybridized carbons (Fsp3) is 0.364. The van der Waals surface area contributed by atoms with Crippen LogP contribution < -0.4 is 4.90 Å². The van der Waals surface area contributed by atoms with Crippen molar-refractivity contribution >= 4 is 11.9 Å². The largest absolute Gasteiger partial charge is 0.347 e. The Labute approximate surface area is 175 Å². The van der Waals surface area contributed by atoms with E-state index in [9.17, 15) is 9.18 Å². The Morgan fingerprint density at radius 1 is 1.17 bits per heavy atom.